The molecule has 0 spiro atoms. The highest BCUT2D eigenvalue weighted by Gasteiger charge is 2.24. The van der Waals surface area contributed by atoms with Crippen molar-refractivity contribution in [3.8, 4) is 5.75 Å². The van der Waals surface area contributed by atoms with E-state index in [2.05, 4.69) is 0 Å². The molecule has 94 valence electrons. The van der Waals surface area contributed by atoms with E-state index in [1.807, 2.05) is 6.92 Å². The minimum atomic E-state index is -1.33. The number of hydrogen-bond acceptors (Lipinski definition) is 4. The number of carbonyl (C=O) groups is 1. The maximum absolute atomic E-state index is 10.7. The van der Waals surface area contributed by atoms with E-state index in [1.54, 1.807) is 25.1 Å². The predicted molar refractivity (Wildman–Crippen MR) is 62.9 cm³/mol. The number of aliphatic carboxylic acids is 1. The summed E-state index contributed by atoms with van der Waals surface area (Å²) < 4.78 is 5.30. The summed E-state index contributed by atoms with van der Waals surface area (Å²) in [6.07, 6.45) is -1.22. The molecule has 4 N–H and O–H groups in total. The van der Waals surface area contributed by atoms with Gasteiger partial charge in [0.25, 0.3) is 0 Å². The van der Waals surface area contributed by atoms with Crippen molar-refractivity contribution in [1.29, 1.82) is 0 Å². The summed E-state index contributed by atoms with van der Waals surface area (Å²) in [5, 5.41) is 18.5. The number of carboxylic acid groups (broad SMARTS) is 1. The summed E-state index contributed by atoms with van der Waals surface area (Å²) in [6.45, 7) is 4.20. The number of aliphatic hydroxyl groups excluding tert-OH is 1. The maximum Gasteiger partial charge on any atom is 0.323 e. The average Bonchev–Trinajstić information content (AvgIpc) is 2.27. The van der Waals surface area contributed by atoms with Crippen LogP contribution in [-0.2, 0) is 4.79 Å². The van der Waals surface area contributed by atoms with Crippen LogP contribution in [0.2, 0.25) is 0 Å². The molecule has 0 fully saturated rings. The van der Waals surface area contributed by atoms with Gasteiger partial charge in [-0.1, -0.05) is 6.07 Å². The van der Waals surface area contributed by atoms with E-state index < -0.39 is 18.1 Å². The van der Waals surface area contributed by atoms with Crippen molar-refractivity contribution < 1.29 is 19.7 Å². The fraction of sp³-hybridized carbons (Fsp3) is 0.417. The third-order valence-corrected chi connectivity index (χ3v) is 2.50. The number of benzene rings is 1. The zero-order valence-electron chi connectivity index (χ0n) is 9.88. The molecule has 17 heavy (non-hydrogen) atoms. The molecule has 0 aliphatic carbocycles. The highest BCUT2D eigenvalue weighted by Crippen LogP contribution is 2.24. The fourth-order valence-corrected chi connectivity index (χ4v) is 1.56. The van der Waals surface area contributed by atoms with Crippen LogP contribution in [-0.4, -0.2) is 28.8 Å². The van der Waals surface area contributed by atoms with Gasteiger partial charge >= 0.3 is 5.97 Å². The first-order valence-corrected chi connectivity index (χ1v) is 5.37. The van der Waals surface area contributed by atoms with E-state index in [0.717, 1.165) is 5.56 Å². The molecular formula is C12H17NO4. The third-order valence-electron chi connectivity index (χ3n) is 2.50. The third kappa shape index (κ3) is 3.18. The predicted octanol–water partition coefficient (Wildman–Crippen LogP) is 0.839. The van der Waals surface area contributed by atoms with Gasteiger partial charge in [0, 0.05) is 0 Å². The molecule has 0 radical (unpaired) electrons. The van der Waals surface area contributed by atoms with Gasteiger partial charge in [0.15, 0.2) is 0 Å². The monoisotopic (exact) mass is 239 g/mol. The van der Waals surface area contributed by atoms with Crippen molar-refractivity contribution in [1.82, 2.24) is 0 Å². The lowest BCUT2D eigenvalue weighted by atomic mass is 9.98. The van der Waals surface area contributed by atoms with Gasteiger partial charge in [-0.2, -0.15) is 0 Å². The first-order valence-electron chi connectivity index (χ1n) is 5.37. The van der Waals surface area contributed by atoms with Crippen LogP contribution in [0.5, 0.6) is 5.75 Å². The average molecular weight is 239 g/mol. The molecule has 1 rings (SSSR count). The molecule has 2 atom stereocenters. The number of rotatable bonds is 5. The number of hydrogen-bond donors (Lipinski definition) is 3. The smallest absolute Gasteiger partial charge is 0.323 e. The Morgan fingerprint density at radius 2 is 2.18 bits per heavy atom. The summed E-state index contributed by atoms with van der Waals surface area (Å²) in [4.78, 5) is 10.7. The first-order chi connectivity index (χ1) is 7.97. The van der Waals surface area contributed by atoms with Crippen molar-refractivity contribution in [2.24, 2.45) is 5.73 Å². The lowest BCUT2D eigenvalue weighted by Crippen LogP contribution is -2.36. The van der Waals surface area contributed by atoms with E-state index in [-0.39, 0.29) is 0 Å². The summed E-state index contributed by atoms with van der Waals surface area (Å²) in [5.74, 6) is -0.546. The Morgan fingerprint density at radius 3 is 2.65 bits per heavy atom. The van der Waals surface area contributed by atoms with Gasteiger partial charge in [-0.25, -0.2) is 0 Å². The van der Waals surface area contributed by atoms with Gasteiger partial charge in [-0.3, -0.25) is 4.79 Å². The number of aryl methyl sites for hydroxylation is 1. The fourth-order valence-electron chi connectivity index (χ4n) is 1.56. The standard InChI is InChI=1S/C12H17NO4/c1-3-17-8-4-5-9(7(2)6-8)11(14)10(13)12(15)16/h4-6,10-11,14H,3,13H2,1-2H3,(H,15,16). The second-order valence-corrected chi connectivity index (χ2v) is 3.76. The van der Waals surface area contributed by atoms with Crippen LogP contribution in [0, 0.1) is 6.92 Å². The molecule has 0 bridgehead atoms. The van der Waals surface area contributed by atoms with Crippen molar-refractivity contribution in [3.63, 3.8) is 0 Å². The van der Waals surface area contributed by atoms with Crippen molar-refractivity contribution in [2.75, 3.05) is 6.61 Å². The van der Waals surface area contributed by atoms with Crippen LogP contribution >= 0.6 is 0 Å². The van der Waals surface area contributed by atoms with Crippen molar-refractivity contribution in [2.45, 2.75) is 26.0 Å². The topological polar surface area (TPSA) is 92.8 Å². The zero-order chi connectivity index (χ0) is 13.0. The van der Waals surface area contributed by atoms with Crippen LogP contribution in [0.1, 0.15) is 24.2 Å². The summed E-state index contributed by atoms with van der Waals surface area (Å²) >= 11 is 0. The number of nitrogens with two attached hydrogens (primary N) is 1. The van der Waals surface area contributed by atoms with Crippen LogP contribution in [0.3, 0.4) is 0 Å². The van der Waals surface area contributed by atoms with Crippen LogP contribution in [0.25, 0.3) is 0 Å². The molecule has 0 heterocycles. The molecule has 5 nitrogen and oxygen atoms in total. The van der Waals surface area contributed by atoms with Crippen molar-refractivity contribution in [3.05, 3.63) is 29.3 Å². The number of aliphatic hydroxyl groups is 1. The Hall–Kier alpha value is -1.59. The minimum Gasteiger partial charge on any atom is -0.494 e. The Labute approximate surface area is 99.8 Å². The van der Waals surface area contributed by atoms with E-state index in [9.17, 15) is 9.90 Å². The maximum atomic E-state index is 10.7. The molecule has 0 aromatic heterocycles. The molecule has 1 aromatic rings. The SMILES string of the molecule is CCOc1ccc(C(O)C(N)C(=O)O)c(C)c1. The zero-order valence-corrected chi connectivity index (χ0v) is 9.88. The van der Waals surface area contributed by atoms with Crippen molar-refractivity contribution >= 4 is 5.97 Å². The van der Waals surface area contributed by atoms with Crippen LogP contribution < -0.4 is 10.5 Å². The van der Waals surface area contributed by atoms with E-state index in [4.69, 9.17) is 15.6 Å². The molecule has 2 unspecified atom stereocenters. The Morgan fingerprint density at radius 1 is 1.53 bits per heavy atom. The second kappa shape index (κ2) is 5.65. The minimum absolute atomic E-state index is 0.503. The van der Waals surface area contributed by atoms with E-state index in [0.29, 0.717) is 17.9 Å². The molecule has 0 saturated heterocycles. The van der Waals surface area contributed by atoms with Gasteiger partial charge < -0.3 is 20.7 Å². The normalized spacial score (nSPS) is 14.1. The number of ether oxygens (including phenoxy) is 1. The van der Waals surface area contributed by atoms with Crippen LogP contribution in [0.15, 0.2) is 18.2 Å². The largest absolute Gasteiger partial charge is 0.494 e. The molecule has 0 aliphatic rings. The summed E-state index contributed by atoms with van der Waals surface area (Å²) in [6, 6.07) is 3.74. The summed E-state index contributed by atoms with van der Waals surface area (Å²) in [5.41, 5.74) is 6.63. The van der Waals surface area contributed by atoms with Gasteiger partial charge in [0.05, 0.1) is 6.61 Å². The Balaban J connectivity index is 2.95. The van der Waals surface area contributed by atoms with Gasteiger partial charge in [0.1, 0.15) is 17.9 Å². The molecule has 0 saturated carbocycles. The van der Waals surface area contributed by atoms with Crippen LogP contribution in [0.4, 0.5) is 0 Å². The van der Waals surface area contributed by atoms with Gasteiger partial charge in [0.2, 0.25) is 0 Å². The molecular weight excluding hydrogens is 222 g/mol. The molecule has 0 aliphatic heterocycles. The Bertz CT molecular complexity index is 405. The lowest BCUT2D eigenvalue weighted by Gasteiger charge is -2.18. The number of carboxylic acids is 1. The lowest BCUT2D eigenvalue weighted by molar-refractivity contribution is -0.141. The Kier molecular flexibility index (Phi) is 4.48. The summed E-state index contributed by atoms with van der Waals surface area (Å²) in [7, 11) is 0. The quantitative estimate of drug-likeness (QED) is 0.708. The van der Waals surface area contributed by atoms with E-state index >= 15 is 0 Å². The molecule has 5 heteroatoms. The van der Waals surface area contributed by atoms with E-state index in [1.165, 1.54) is 0 Å². The highest BCUT2D eigenvalue weighted by molar-refractivity contribution is 5.74. The van der Waals surface area contributed by atoms with Gasteiger partial charge in [-0.15, -0.1) is 0 Å². The molecule has 1 aromatic carbocycles. The van der Waals surface area contributed by atoms with Gasteiger partial charge in [-0.05, 0) is 37.1 Å². The first kappa shape index (κ1) is 13.5. The molecule has 0 amide bonds. The highest BCUT2D eigenvalue weighted by atomic mass is 16.5. The second-order valence-electron chi connectivity index (χ2n) is 3.76.